The first-order chi connectivity index (χ1) is 41.5. The number of unbranched alkanes of at least 4 members (excludes halogenated alkanes) is 21. The Kier molecular flexibility index (Phi) is 49.6. The quantitative estimate of drug-likeness (QED) is 0.0314. The number of carbonyl (C=O) groups excluding carboxylic acids is 5. The van der Waals surface area contributed by atoms with Crippen LogP contribution in [0.25, 0.3) is 0 Å². The molecule has 0 aliphatic carbocycles. The van der Waals surface area contributed by atoms with Crippen LogP contribution < -0.4 is 16.0 Å². The Morgan fingerprint density at radius 2 is 0.624 bits per heavy atom. The summed E-state index contributed by atoms with van der Waals surface area (Å²) in [5.74, 6) is 0.0887. The van der Waals surface area contributed by atoms with E-state index in [-0.39, 0.29) is 55.5 Å². The Labute approximate surface area is 515 Å². The van der Waals surface area contributed by atoms with Gasteiger partial charge in [0.15, 0.2) is 0 Å². The Balaban J connectivity index is 2.09. The van der Waals surface area contributed by atoms with Crippen molar-refractivity contribution in [3.8, 4) is 0 Å². The second kappa shape index (κ2) is 55.0. The SMILES string of the molecule is CCCCCCCCOC(=O)CCN(CCCNc1nc(NCCCCOC(=O)CCN2CCN(C)CC2)nc(NCCCN(CCC(=O)OCCCCCCCC)CCC(=O)OCCCCCCCC)n1)CCC(=O)OCCCCCCCC. The average molecular weight is 1200 g/mol. The number of aromatic nitrogens is 3. The number of hydrogen-bond donors (Lipinski definition) is 3. The second-order valence-electron chi connectivity index (χ2n) is 23.3. The van der Waals surface area contributed by atoms with Crippen LogP contribution in [0.4, 0.5) is 17.8 Å². The number of nitrogens with one attached hydrogen (secondary N) is 3. The molecule has 0 unspecified atom stereocenters. The standard InChI is InChI=1S/C65H122N10O10/c1-6-10-14-18-22-27-53-81-58(76)34-44-73(45-35-59(77)82-54-28-23-19-15-11-7-2)42-32-40-67-64-69-63(66-39-26-31-57-85-62(80)38-48-75-51-49-72(5)50-52-75)70-65(71-64)68-41-33-43-74(46-36-60(78)83-55-29-24-20-16-12-8-3)47-37-61(79)84-56-30-25-21-17-13-9-4/h6-57H2,1-5H3,(H3,66,67,68,69,70,71). The molecule has 0 spiro atoms. The van der Waals surface area contributed by atoms with Crippen molar-refractivity contribution in [2.45, 2.75) is 240 Å². The van der Waals surface area contributed by atoms with E-state index in [2.05, 4.69) is 70.3 Å². The van der Waals surface area contributed by atoms with Crippen LogP contribution in [0.15, 0.2) is 0 Å². The first-order valence-corrected chi connectivity index (χ1v) is 34.2. The van der Waals surface area contributed by atoms with Crippen molar-refractivity contribution in [2.24, 2.45) is 0 Å². The second-order valence-corrected chi connectivity index (χ2v) is 23.3. The Morgan fingerprint density at radius 3 is 0.941 bits per heavy atom. The third-order valence-electron chi connectivity index (χ3n) is 15.4. The van der Waals surface area contributed by atoms with Crippen molar-refractivity contribution in [2.75, 3.05) is 148 Å². The first-order valence-electron chi connectivity index (χ1n) is 34.2. The highest BCUT2D eigenvalue weighted by molar-refractivity contribution is 5.71. The van der Waals surface area contributed by atoms with E-state index >= 15 is 0 Å². The van der Waals surface area contributed by atoms with E-state index in [1.165, 1.54) is 77.0 Å². The minimum atomic E-state index is -0.226. The molecule has 0 amide bonds. The first kappa shape index (κ1) is 76.7. The van der Waals surface area contributed by atoms with Crippen LogP contribution in [-0.4, -0.2) is 196 Å². The molecule has 0 radical (unpaired) electrons. The molecule has 2 rings (SSSR count). The highest BCUT2D eigenvalue weighted by Gasteiger charge is 2.18. The van der Waals surface area contributed by atoms with Crippen LogP contribution in [0, 0.1) is 0 Å². The van der Waals surface area contributed by atoms with Gasteiger partial charge in [0, 0.05) is 78.5 Å². The lowest BCUT2D eigenvalue weighted by molar-refractivity contribution is -0.146. The maximum absolute atomic E-state index is 12.8. The smallest absolute Gasteiger partial charge is 0.307 e. The van der Waals surface area contributed by atoms with E-state index in [1.54, 1.807) is 0 Å². The van der Waals surface area contributed by atoms with E-state index in [9.17, 15) is 24.0 Å². The molecule has 20 heteroatoms. The third-order valence-corrected chi connectivity index (χ3v) is 15.4. The number of carbonyl (C=O) groups is 5. The van der Waals surface area contributed by atoms with Gasteiger partial charge in [-0.3, -0.25) is 24.0 Å². The molecule has 1 aromatic heterocycles. The van der Waals surface area contributed by atoms with Gasteiger partial charge >= 0.3 is 29.8 Å². The zero-order valence-electron chi connectivity index (χ0n) is 54.5. The normalized spacial score (nSPS) is 12.8. The van der Waals surface area contributed by atoms with E-state index in [1.807, 2.05) is 0 Å². The van der Waals surface area contributed by atoms with E-state index < -0.39 is 0 Å². The van der Waals surface area contributed by atoms with E-state index in [4.69, 9.17) is 38.6 Å². The lowest BCUT2D eigenvalue weighted by Gasteiger charge is -2.31. The van der Waals surface area contributed by atoms with Crippen molar-refractivity contribution in [3.05, 3.63) is 0 Å². The summed E-state index contributed by atoms with van der Waals surface area (Å²) in [7, 11) is 2.12. The van der Waals surface area contributed by atoms with Gasteiger partial charge in [-0.2, -0.15) is 15.0 Å². The molecule has 2 heterocycles. The zero-order valence-corrected chi connectivity index (χ0v) is 54.5. The number of anilines is 3. The Bertz CT molecular complexity index is 1650. The summed E-state index contributed by atoms with van der Waals surface area (Å²) in [6.07, 6.45) is 31.0. The van der Waals surface area contributed by atoms with E-state index in [0.717, 1.165) is 110 Å². The lowest BCUT2D eigenvalue weighted by Crippen LogP contribution is -2.45. The van der Waals surface area contributed by atoms with Gasteiger partial charge in [-0.1, -0.05) is 156 Å². The number of piperazine rings is 1. The van der Waals surface area contributed by atoms with Crippen LogP contribution in [-0.2, 0) is 47.7 Å². The topological polar surface area (TPSA) is 219 Å². The van der Waals surface area contributed by atoms with Gasteiger partial charge in [-0.05, 0) is 71.5 Å². The molecule has 1 aromatic rings. The van der Waals surface area contributed by atoms with Crippen molar-refractivity contribution in [1.82, 2.24) is 34.6 Å². The van der Waals surface area contributed by atoms with Gasteiger partial charge < -0.3 is 59.2 Å². The van der Waals surface area contributed by atoms with Gasteiger partial charge in [0.1, 0.15) is 0 Å². The minimum Gasteiger partial charge on any atom is -0.466 e. The third kappa shape index (κ3) is 46.4. The molecule has 1 aliphatic rings. The number of esters is 5. The number of ether oxygens (including phenoxy) is 5. The van der Waals surface area contributed by atoms with Crippen LogP contribution in [0.1, 0.15) is 240 Å². The fraction of sp³-hybridized carbons (Fsp3) is 0.877. The van der Waals surface area contributed by atoms with Gasteiger partial charge in [0.2, 0.25) is 17.8 Å². The molecule has 85 heavy (non-hydrogen) atoms. The molecule has 0 saturated carbocycles. The Hall–Kier alpha value is -4.40. The molecule has 0 aromatic carbocycles. The van der Waals surface area contributed by atoms with Gasteiger partial charge in [-0.15, -0.1) is 0 Å². The van der Waals surface area contributed by atoms with Crippen LogP contribution in [0.2, 0.25) is 0 Å². The molecule has 492 valence electrons. The van der Waals surface area contributed by atoms with Crippen molar-refractivity contribution in [3.63, 3.8) is 0 Å². The maximum Gasteiger partial charge on any atom is 0.307 e. The fourth-order valence-electron chi connectivity index (χ4n) is 9.86. The molecule has 3 N–H and O–H groups in total. The van der Waals surface area contributed by atoms with Gasteiger partial charge in [-0.25, -0.2) is 0 Å². The molecule has 1 saturated heterocycles. The van der Waals surface area contributed by atoms with Crippen molar-refractivity contribution in [1.29, 1.82) is 0 Å². The average Bonchev–Trinajstić information content (AvgIpc) is 3.67. The summed E-state index contributed by atoms with van der Waals surface area (Å²) in [5.41, 5.74) is 0. The number of hydrogen-bond acceptors (Lipinski definition) is 20. The molecule has 20 nitrogen and oxygen atoms in total. The molecular formula is C65H122N10O10. The summed E-state index contributed by atoms with van der Waals surface area (Å²) in [5, 5.41) is 10.1. The minimum absolute atomic E-state index is 0.174. The van der Waals surface area contributed by atoms with Crippen molar-refractivity contribution < 1.29 is 47.7 Å². The van der Waals surface area contributed by atoms with Gasteiger partial charge in [0.05, 0.1) is 65.1 Å². The molecular weight excluding hydrogens is 1080 g/mol. The van der Waals surface area contributed by atoms with Crippen LogP contribution in [0.5, 0.6) is 0 Å². The summed E-state index contributed by atoms with van der Waals surface area (Å²) in [6.45, 7) is 20.2. The largest absolute Gasteiger partial charge is 0.466 e. The highest BCUT2D eigenvalue weighted by Crippen LogP contribution is 2.14. The Morgan fingerprint density at radius 1 is 0.353 bits per heavy atom. The zero-order chi connectivity index (χ0) is 61.5. The lowest BCUT2D eigenvalue weighted by atomic mass is 10.1. The number of rotatable bonds is 59. The maximum atomic E-state index is 12.8. The molecule has 0 bridgehead atoms. The predicted molar refractivity (Wildman–Crippen MR) is 342 cm³/mol. The summed E-state index contributed by atoms with van der Waals surface area (Å²) < 4.78 is 27.9. The predicted octanol–water partition coefficient (Wildman–Crippen LogP) is 11.6. The summed E-state index contributed by atoms with van der Waals surface area (Å²) in [6, 6.07) is 0. The molecule has 1 aliphatic heterocycles. The van der Waals surface area contributed by atoms with Crippen LogP contribution in [0.3, 0.4) is 0 Å². The van der Waals surface area contributed by atoms with Crippen LogP contribution >= 0.6 is 0 Å². The number of likely N-dealkylation sites (N-methyl/N-ethyl adjacent to an activating group) is 1. The molecule has 0 atom stereocenters. The van der Waals surface area contributed by atoms with Crippen molar-refractivity contribution >= 4 is 47.7 Å². The van der Waals surface area contributed by atoms with Gasteiger partial charge in [0.25, 0.3) is 0 Å². The fourth-order valence-corrected chi connectivity index (χ4v) is 9.86. The summed E-state index contributed by atoms with van der Waals surface area (Å²) in [4.78, 5) is 86.9. The highest BCUT2D eigenvalue weighted by atomic mass is 16.5. The summed E-state index contributed by atoms with van der Waals surface area (Å²) >= 11 is 0. The molecule has 1 fully saturated rings. The van der Waals surface area contributed by atoms with E-state index in [0.29, 0.717) is 142 Å². The monoisotopic (exact) mass is 1200 g/mol. The number of nitrogens with zero attached hydrogens (tertiary/aromatic N) is 7.